The number of rotatable bonds is 8. The number of methoxy groups -OCH3 is 1. The summed E-state index contributed by atoms with van der Waals surface area (Å²) in [4.78, 5) is 25.7. The van der Waals surface area contributed by atoms with Crippen molar-refractivity contribution in [3.05, 3.63) is 65.2 Å². The van der Waals surface area contributed by atoms with Crippen molar-refractivity contribution in [2.75, 3.05) is 20.2 Å². The summed E-state index contributed by atoms with van der Waals surface area (Å²) in [5, 5.41) is 2.88. The van der Waals surface area contributed by atoms with Crippen LogP contribution in [0.15, 0.2) is 48.5 Å². The Hall–Kier alpha value is -2.82. The summed E-state index contributed by atoms with van der Waals surface area (Å²) >= 11 is 0. The Kier molecular flexibility index (Phi) is 7.21. The zero-order chi connectivity index (χ0) is 18.9. The van der Waals surface area contributed by atoms with Gasteiger partial charge in [0.15, 0.2) is 0 Å². The average molecular weight is 354 g/mol. The Morgan fingerprint density at radius 2 is 1.77 bits per heavy atom. The highest BCUT2D eigenvalue weighted by molar-refractivity contribution is 5.78. The third kappa shape index (κ3) is 5.92. The van der Waals surface area contributed by atoms with Crippen molar-refractivity contribution >= 4 is 11.8 Å². The van der Waals surface area contributed by atoms with Crippen LogP contribution in [-0.2, 0) is 22.6 Å². The second kappa shape index (κ2) is 9.61. The maximum absolute atomic E-state index is 12.1. The predicted molar refractivity (Wildman–Crippen MR) is 102 cm³/mol. The molecule has 2 rings (SSSR count). The number of nitrogens with one attached hydrogen (secondary N) is 1. The monoisotopic (exact) mass is 354 g/mol. The van der Waals surface area contributed by atoms with E-state index >= 15 is 0 Å². The van der Waals surface area contributed by atoms with E-state index in [9.17, 15) is 9.59 Å². The van der Waals surface area contributed by atoms with Crippen molar-refractivity contribution in [3.63, 3.8) is 0 Å². The van der Waals surface area contributed by atoms with Crippen LogP contribution >= 0.6 is 0 Å². The van der Waals surface area contributed by atoms with Crippen LogP contribution in [0.5, 0.6) is 5.75 Å². The first-order chi connectivity index (χ1) is 12.5. The molecule has 0 aliphatic carbocycles. The molecule has 0 atom stereocenters. The second-order valence-corrected chi connectivity index (χ2v) is 6.24. The first kappa shape index (κ1) is 19.5. The number of carbonyl (C=O) groups is 2. The van der Waals surface area contributed by atoms with Crippen LogP contribution in [0.3, 0.4) is 0 Å². The van der Waals surface area contributed by atoms with Gasteiger partial charge in [-0.15, -0.1) is 0 Å². The first-order valence-corrected chi connectivity index (χ1v) is 8.69. The lowest BCUT2D eigenvalue weighted by Crippen LogP contribution is -2.37. The molecular formula is C21H26N2O3. The van der Waals surface area contributed by atoms with Gasteiger partial charge >= 0.3 is 0 Å². The topological polar surface area (TPSA) is 58.6 Å². The quantitative estimate of drug-likeness (QED) is 0.793. The van der Waals surface area contributed by atoms with Gasteiger partial charge in [0.05, 0.1) is 13.5 Å². The van der Waals surface area contributed by atoms with Crippen molar-refractivity contribution < 1.29 is 14.3 Å². The highest BCUT2D eigenvalue weighted by Crippen LogP contribution is 2.12. The fraction of sp³-hybridized carbons (Fsp3) is 0.333. The van der Waals surface area contributed by atoms with Gasteiger partial charge in [0.2, 0.25) is 11.8 Å². The van der Waals surface area contributed by atoms with Gasteiger partial charge in [-0.2, -0.15) is 0 Å². The summed E-state index contributed by atoms with van der Waals surface area (Å²) in [6.07, 6.45) is 0.307. The minimum absolute atomic E-state index is 0.00217. The Labute approximate surface area is 155 Å². The van der Waals surface area contributed by atoms with Crippen LogP contribution in [0, 0.1) is 6.92 Å². The maximum Gasteiger partial charge on any atom is 0.224 e. The summed E-state index contributed by atoms with van der Waals surface area (Å²) in [5.74, 6) is 0.703. The number of ether oxygens (including phenoxy) is 1. The van der Waals surface area contributed by atoms with Crippen LogP contribution in [0.25, 0.3) is 0 Å². The molecule has 0 aliphatic heterocycles. The van der Waals surface area contributed by atoms with E-state index in [1.807, 2.05) is 55.5 Å². The lowest BCUT2D eigenvalue weighted by atomic mass is 10.1. The molecule has 0 saturated heterocycles. The molecule has 0 bridgehead atoms. The number of aryl methyl sites for hydroxylation is 1. The van der Waals surface area contributed by atoms with Crippen molar-refractivity contribution in [1.29, 1.82) is 0 Å². The molecule has 5 heteroatoms. The van der Waals surface area contributed by atoms with Gasteiger partial charge in [0, 0.05) is 26.6 Å². The zero-order valence-electron chi connectivity index (χ0n) is 15.6. The molecule has 0 heterocycles. The number of hydrogen-bond acceptors (Lipinski definition) is 3. The van der Waals surface area contributed by atoms with E-state index in [-0.39, 0.29) is 11.8 Å². The Balaban J connectivity index is 1.82. The molecule has 0 spiro atoms. The predicted octanol–water partition coefficient (Wildman–Crippen LogP) is 2.71. The fourth-order valence-corrected chi connectivity index (χ4v) is 2.66. The fourth-order valence-electron chi connectivity index (χ4n) is 2.66. The molecule has 2 aromatic carbocycles. The molecule has 26 heavy (non-hydrogen) atoms. The van der Waals surface area contributed by atoms with Crippen molar-refractivity contribution in [2.45, 2.75) is 26.8 Å². The smallest absolute Gasteiger partial charge is 0.224 e. The summed E-state index contributed by atoms with van der Waals surface area (Å²) in [6.45, 7) is 5.05. The SMILES string of the molecule is COc1ccc(CC(=O)NCCN(Cc2ccccc2C)C(C)=O)cc1. The lowest BCUT2D eigenvalue weighted by molar-refractivity contribution is -0.130. The molecule has 138 valence electrons. The Morgan fingerprint density at radius 3 is 2.38 bits per heavy atom. The van der Waals surface area contributed by atoms with E-state index in [0.717, 1.165) is 22.4 Å². The van der Waals surface area contributed by atoms with Crippen LogP contribution in [-0.4, -0.2) is 36.9 Å². The third-order valence-electron chi connectivity index (χ3n) is 4.30. The van der Waals surface area contributed by atoms with Crippen molar-refractivity contribution in [2.24, 2.45) is 0 Å². The number of nitrogens with zero attached hydrogens (tertiary/aromatic N) is 1. The Morgan fingerprint density at radius 1 is 1.08 bits per heavy atom. The van der Waals surface area contributed by atoms with E-state index in [0.29, 0.717) is 26.1 Å². The standard InChI is InChI=1S/C21H26N2O3/c1-16-6-4-5-7-19(16)15-23(17(2)24)13-12-22-21(25)14-18-8-10-20(26-3)11-9-18/h4-11H,12-15H2,1-3H3,(H,22,25). The van der Waals surface area contributed by atoms with E-state index in [4.69, 9.17) is 4.74 Å². The van der Waals surface area contributed by atoms with Crippen LogP contribution in [0.4, 0.5) is 0 Å². The van der Waals surface area contributed by atoms with Gasteiger partial charge in [-0.1, -0.05) is 36.4 Å². The molecule has 5 nitrogen and oxygen atoms in total. The largest absolute Gasteiger partial charge is 0.497 e. The molecule has 0 saturated carbocycles. The molecular weight excluding hydrogens is 328 g/mol. The molecule has 2 aromatic rings. The van der Waals surface area contributed by atoms with E-state index < -0.39 is 0 Å². The first-order valence-electron chi connectivity index (χ1n) is 8.69. The summed E-state index contributed by atoms with van der Waals surface area (Å²) in [7, 11) is 1.61. The number of hydrogen-bond donors (Lipinski definition) is 1. The molecule has 0 fully saturated rings. The second-order valence-electron chi connectivity index (χ2n) is 6.24. The summed E-state index contributed by atoms with van der Waals surface area (Å²) < 4.78 is 5.11. The van der Waals surface area contributed by atoms with Crippen LogP contribution in [0.2, 0.25) is 0 Å². The highest BCUT2D eigenvalue weighted by Gasteiger charge is 2.11. The van der Waals surface area contributed by atoms with Crippen LogP contribution < -0.4 is 10.1 Å². The Bertz CT molecular complexity index is 741. The molecule has 0 aliphatic rings. The molecule has 2 amide bonds. The molecule has 0 aromatic heterocycles. The van der Waals surface area contributed by atoms with Gasteiger partial charge < -0.3 is 15.0 Å². The summed E-state index contributed by atoms with van der Waals surface area (Å²) in [6, 6.07) is 15.4. The van der Waals surface area contributed by atoms with E-state index in [1.54, 1.807) is 18.9 Å². The van der Waals surface area contributed by atoms with Crippen LogP contribution in [0.1, 0.15) is 23.6 Å². The number of carbonyl (C=O) groups excluding carboxylic acids is 2. The molecule has 0 unspecified atom stereocenters. The van der Waals surface area contributed by atoms with Gasteiger partial charge in [-0.05, 0) is 35.7 Å². The van der Waals surface area contributed by atoms with E-state index in [2.05, 4.69) is 5.32 Å². The molecule has 0 radical (unpaired) electrons. The normalized spacial score (nSPS) is 10.3. The number of amides is 2. The van der Waals surface area contributed by atoms with E-state index in [1.165, 1.54) is 0 Å². The highest BCUT2D eigenvalue weighted by atomic mass is 16.5. The van der Waals surface area contributed by atoms with Gasteiger partial charge in [0.1, 0.15) is 5.75 Å². The van der Waals surface area contributed by atoms with Crippen molar-refractivity contribution in [3.8, 4) is 5.75 Å². The average Bonchev–Trinajstić information content (AvgIpc) is 2.63. The third-order valence-corrected chi connectivity index (χ3v) is 4.30. The van der Waals surface area contributed by atoms with Crippen molar-refractivity contribution in [1.82, 2.24) is 10.2 Å². The molecule has 1 N–H and O–H groups in total. The van der Waals surface area contributed by atoms with Gasteiger partial charge in [0.25, 0.3) is 0 Å². The summed E-state index contributed by atoms with van der Waals surface area (Å²) in [5.41, 5.74) is 3.20. The zero-order valence-corrected chi connectivity index (χ0v) is 15.6. The maximum atomic E-state index is 12.1. The minimum Gasteiger partial charge on any atom is -0.497 e. The number of benzene rings is 2. The van der Waals surface area contributed by atoms with Gasteiger partial charge in [-0.3, -0.25) is 9.59 Å². The van der Waals surface area contributed by atoms with Gasteiger partial charge in [-0.25, -0.2) is 0 Å². The minimum atomic E-state index is -0.0606. The lowest BCUT2D eigenvalue weighted by Gasteiger charge is -2.22.